The maximum atomic E-state index is 12.3. The molecule has 8 heteroatoms. The number of halogens is 2. The molecule has 0 radical (unpaired) electrons. The van der Waals surface area contributed by atoms with Crippen molar-refractivity contribution in [1.82, 2.24) is 15.0 Å². The van der Waals surface area contributed by atoms with Crippen LogP contribution in [0.25, 0.3) is 16.7 Å². The number of aromatic nitrogens is 3. The third-order valence-corrected chi connectivity index (χ3v) is 5.55. The first-order valence-corrected chi connectivity index (χ1v) is 11.1. The van der Waals surface area contributed by atoms with Gasteiger partial charge in [-0.25, -0.2) is 0 Å². The normalized spacial score (nSPS) is 11.0. The number of anilines is 1. The summed E-state index contributed by atoms with van der Waals surface area (Å²) in [5, 5.41) is 12.6. The van der Waals surface area contributed by atoms with Crippen LogP contribution >= 0.6 is 23.2 Å². The van der Waals surface area contributed by atoms with Crippen molar-refractivity contribution < 1.29 is 9.53 Å². The summed E-state index contributed by atoms with van der Waals surface area (Å²) in [6, 6.07) is 18.5. The fraction of sp³-hybridized carbons (Fsp3) is 0.208. The number of para-hydroxylation sites is 1. The number of nitrogens with one attached hydrogen (secondary N) is 1. The van der Waals surface area contributed by atoms with Crippen LogP contribution in [0.15, 0.2) is 60.7 Å². The van der Waals surface area contributed by atoms with Gasteiger partial charge in [0, 0.05) is 0 Å². The molecule has 6 nitrogen and oxygen atoms in total. The average Bonchev–Trinajstić information content (AvgIpc) is 3.20. The summed E-state index contributed by atoms with van der Waals surface area (Å²) >= 11 is 12.4. The number of amides is 1. The lowest BCUT2D eigenvalue weighted by atomic mass is 10.1. The van der Waals surface area contributed by atoms with E-state index in [0.717, 1.165) is 12.1 Å². The minimum atomic E-state index is -0.360. The monoisotopic (exact) mass is 468 g/mol. The van der Waals surface area contributed by atoms with Crippen molar-refractivity contribution in [1.29, 1.82) is 0 Å². The highest BCUT2D eigenvalue weighted by atomic mass is 35.5. The van der Waals surface area contributed by atoms with Crippen LogP contribution in [0, 0.1) is 0 Å². The van der Waals surface area contributed by atoms with Crippen molar-refractivity contribution in [2.75, 3.05) is 11.9 Å². The lowest BCUT2D eigenvalue weighted by Gasteiger charge is -2.09. The maximum absolute atomic E-state index is 12.3. The van der Waals surface area contributed by atoms with Crippen LogP contribution in [-0.4, -0.2) is 27.5 Å². The van der Waals surface area contributed by atoms with Crippen molar-refractivity contribution in [3.05, 3.63) is 76.3 Å². The second-order valence-corrected chi connectivity index (χ2v) is 8.16. The van der Waals surface area contributed by atoms with Gasteiger partial charge in [-0.2, -0.15) is 4.80 Å². The van der Waals surface area contributed by atoms with Gasteiger partial charge in [0.25, 0.3) is 5.91 Å². The third kappa shape index (κ3) is 5.21. The Morgan fingerprint density at radius 1 is 1.00 bits per heavy atom. The number of rotatable bonds is 8. The van der Waals surface area contributed by atoms with E-state index in [-0.39, 0.29) is 12.5 Å². The molecule has 0 unspecified atom stereocenters. The molecule has 1 heterocycles. The standard InChI is InChI=1S/C24H22Cl2N4O2/c1-2-3-6-16-9-11-17(12-10-16)30-28-21-13-19(26)20(14-22(21)29-30)27-24(31)15-32-23-8-5-4-7-18(23)25/h4-5,7-14H,2-3,6,15H2,1H3,(H,27,31). The second kappa shape index (κ2) is 10.0. The molecule has 0 aliphatic heterocycles. The van der Waals surface area contributed by atoms with Gasteiger partial charge in [0.05, 0.1) is 21.4 Å². The molecule has 0 aliphatic rings. The van der Waals surface area contributed by atoms with E-state index >= 15 is 0 Å². The zero-order valence-electron chi connectivity index (χ0n) is 17.5. The zero-order chi connectivity index (χ0) is 22.5. The number of unbranched alkanes of at least 4 members (excludes halogenated alkanes) is 1. The molecular formula is C24H22Cl2N4O2. The van der Waals surface area contributed by atoms with E-state index in [2.05, 4.69) is 34.6 Å². The van der Waals surface area contributed by atoms with E-state index in [1.807, 2.05) is 12.1 Å². The lowest BCUT2D eigenvalue weighted by Crippen LogP contribution is -2.20. The number of benzene rings is 3. The molecule has 0 aliphatic carbocycles. The molecular weight excluding hydrogens is 447 g/mol. The number of nitrogens with zero attached hydrogens (tertiary/aromatic N) is 3. The Bertz CT molecular complexity index is 1240. The number of hydrogen-bond acceptors (Lipinski definition) is 4. The van der Waals surface area contributed by atoms with Crippen molar-refractivity contribution in [2.45, 2.75) is 26.2 Å². The van der Waals surface area contributed by atoms with Crippen molar-refractivity contribution in [2.24, 2.45) is 0 Å². The zero-order valence-corrected chi connectivity index (χ0v) is 19.0. The molecule has 0 atom stereocenters. The molecule has 4 aromatic rings. The van der Waals surface area contributed by atoms with Crippen molar-refractivity contribution in [3.8, 4) is 11.4 Å². The highest BCUT2D eigenvalue weighted by molar-refractivity contribution is 6.34. The van der Waals surface area contributed by atoms with Crippen molar-refractivity contribution >= 4 is 45.8 Å². The number of hydrogen-bond donors (Lipinski definition) is 1. The van der Waals surface area contributed by atoms with Gasteiger partial charge in [-0.3, -0.25) is 4.79 Å². The second-order valence-electron chi connectivity index (χ2n) is 7.35. The van der Waals surface area contributed by atoms with Gasteiger partial charge in [0.2, 0.25) is 0 Å². The molecule has 0 saturated carbocycles. The molecule has 164 valence electrons. The first kappa shape index (κ1) is 22.1. The van der Waals surface area contributed by atoms with Gasteiger partial charge < -0.3 is 10.1 Å². The summed E-state index contributed by atoms with van der Waals surface area (Å²) in [7, 11) is 0. The smallest absolute Gasteiger partial charge is 0.262 e. The van der Waals surface area contributed by atoms with E-state index in [4.69, 9.17) is 27.9 Å². The van der Waals surface area contributed by atoms with Gasteiger partial charge in [0.15, 0.2) is 6.61 Å². The topological polar surface area (TPSA) is 69.0 Å². The van der Waals surface area contributed by atoms with Gasteiger partial charge in [0.1, 0.15) is 16.8 Å². The Kier molecular flexibility index (Phi) is 6.93. The summed E-state index contributed by atoms with van der Waals surface area (Å²) in [5.41, 5.74) is 3.84. The Morgan fingerprint density at radius 2 is 1.72 bits per heavy atom. The highest BCUT2D eigenvalue weighted by Crippen LogP contribution is 2.27. The van der Waals surface area contributed by atoms with E-state index in [9.17, 15) is 4.79 Å². The van der Waals surface area contributed by atoms with Crippen LogP contribution in [-0.2, 0) is 11.2 Å². The SMILES string of the molecule is CCCCc1ccc(-n2nc3cc(Cl)c(NC(=O)COc4ccccc4Cl)cc3n2)cc1. The molecule has 1 aromatic heterocycles. The minimum Gasteiger partial charge on any atom is -0.482 e. The number of carbonyl (C=O) groups excluding carboxylic acids is 1. The summed E-state index contributed by atoms with van der Waals surface area (Å²) < 4.78 is 5.47. The highest BCUT2D eigenvalue weighted by Gasteiger charge is 2.13. The predicted octanol–water partition coefficient (Wildman–Crippen LogP) is 6.09. The largest absolute Gasteiger partial charge is 0.482 e. The number of aryl methyl sites for hydroxylation is 1. The minimum absolute atomic E-state index is 0.199. The third-order valence-electron chi connectivity index (χ3n) is 4.92. The Morgan fingerprint density at radius 3 is 2.44 bits per heavy atom. The van der Waals surface area contributed by atoms with Crippen LogP contribution in [0.3, 0.4) is 0 Å². The Balaban J connectivity index is 1.47. The van der Waals surface area contributed by atoms with Crippen LogP contribution in [0.5, 0.6) is 5.75 Å². The van der Waals surface area contributed by atoms with Crippen LogP contribution < -0.4 is 10.1 Å². The average molecular weight is 469 g/mol. The van der Waals surface area contributed by atoms with Crippen LogP contribution in [0.4, 0.5) is 5.69 Å². The van der Waals surface area contributed by atoms with Crippen molar-refractivity contribution in [3.63, 3.8) is 0 Å². The Labute approximate surface area is 196 Å². The molecule has 1 N–H and O–H groups in total. The number of fused-ring (bicyclic) bond motifs is 1. The molecule has 3 aromatic carbocycles. The molecule has 32 heavy (non-hydrogen) atoms. The molecule has 0 fully saturated rings. The molecule has 0 saturated heterocycles. The van der Waals surface area contributed by atoms with Crippen LogP contribution in [0.2, 0.25) is 10.0 Å². The summed E-state index contributed by atoms with van der Waals surface area (Å²) in [6.45, 7) is 1.98. The van der Waals surface area contributed by atoms with Crippen LogP contribution in [0.1, 0.15) is 25.3 Å². The van der Waals surface area contributed by atoms with E-state index in [1.165, 1.54) is 18.4 Å². The molecule has 0 spiro atoms. The number of carbonyl (C=O) groups is 1. The van der Waals surface area contributed by atoms with Gasteiger partial charge >= 0.3 is 0 Å². The van der Waals surface area contributed by atoms with E-state index in [1.54, 1.807) is 41.2 Å². The van der Waals surface area contributed by atoms with Gasteiger partial charge in [-0.15, -0.1) is 10.2 Å². The summed E-state index contributed by atoms with van der Waals surface area (Å²) in [4.78, 5) is 13.9. The fourth-order valence-corrected chi connectivity index (χ4v) is 3.61. The lowest BCUT2D eigenvalue weighted by molar-refractivity contribution is -0.118. The van der Waals surface area contributed by atoms with Gasteiger partial charge in [-0.05, 0) is 54.8 Å². The number of ether oxygens (including phenoxy) is 1. The van der Waals surface area contributed by atoms with Gasteiger partial charge in [-0.1, -0.05) is 60.8 Å². The molecule has 1 amide bonds. The summed E-state index contributed by atoms with van der Waals surface area (Å²) in [5.74, 6) is 0.0794. The first-order chi connectivity index (χ1) is 15.5. The predicted molar refractivity (Wildman–Crippen MR) is 128 cm³/mol. The summed E-state index contributed by atoms with van der Waals surface area (Å²) in [6.07, 6.45) is 3.39. The van der Waals surface area contributed by atoms with E-state index in [0.29, 0.717) is 32.5 Å². The Hall–Kier alpha value is -3.09. The van der Waals surface area contributed by atoms with E-state index < -0.39 is 0 Å². The quantitative estimate of drug-likeness (QED) is 0.339. The fourth-order valence-electron chi connectivity index (χ4n) is 3.22. The molecule has 0 bridgehead atoms. The maximum Gasteiger partial charge on any atom is 0.262 e. The molecule has 4 rings (SSSR count). The first-order valence-electron chi connectivity index (χ1n) is 10.4.